The van der Waals surface area contributed by atoms with Crippen LogP contribution in [0.15, 0.2) is 54.6 Å². The molecule has 0 N–H and O–H groups in total. The van der Waals surface area contributed by atoms with E-state index in [9.17, 15) is 18.0 Å². The Morgan fingerprint density at radius 3 is 2.43 bits per heavy atom. The molecule has 2 aromatic rings. The van der Waals surface area contributed by atoms with Crippen LogP contribution < -0.4 is 0 Å². The molecule has 28 heavy (non-hydrogen) atoms. The van der Waals surface area contributed by atoms with Crippen LogP contribution >= 0.6 is 0 Å². The number of likely N-dealkylation sites (tertiary alicyclic amines) is 1. The highest BCUT2D eigenvalue weighted by Crippen LogP contribution is 2.29. The quantitative estimate of drug-likeness (QED) is 0.705. The highest BCUT2D eigenvalue weighted by atomic mass is 19.4. The topological polar surface area (TPSA) is 29.5 Å². The monoisotopic (exact) mass is 391 g/mol. The molecule has 0 bridgehead atoms. The molecule has 1 aliphatic rings. The lowest BCUT2D eigenvalue weighted by atomic mass is 10.1. The second kappa shape index (κ2) is 9.24. The number of ether oxygens (including phenoxy) is 1. The van der Waals surface area contributed by atoms with E-state index in [-0.39, 0.29) is 18.6 Å². The van der Waals surface area contributed by atoms with Crippen LogP contribution in [0.1, 0.15) is 36.0 Å². The number of hydrogen-bond donors (Lipinski definition) is 0. The number of alkyl halides is 3. The molecular formula is C22H24F3NO2. The van der Waals surface area contributed by atoms with E-state index in [1.54, 1.807) is 0 Å². The third kappa shape index (κ3) is 5.83. The molecule has 1 amide bonds. The number of amides is 1. The van der Waals surface area contributed by atoms with Crippen LogP contribution in [-0.4, -0.2) is 30.0 Å². The zero-order valence-corrected chi connectivity index (χ0v) is 15.6. The molecule has 150 valence electrons. The number of carbonyl (C=O) groups excluding carboxylic acids is 1. The maximum atomic E-state index is 12.6. The first-order valence-electron chi connectivity index (χ1n) is 9.51. The van der Waals surface area contributed by atoms with Crippen molar-refractivity contribution in [2.75, 3.05) is 13.1 Å². The zero-order chi connectivity index (χ0) is 20.0. The molecule has 0 spiro atoms. The van der Waals surface area contributed by atoms with Gasteiger partial charge < -0.3 is 9.64 Å². The van der Waals surface area contributed by atoms with Gasteiger partial charge in [-0.15, -0.1) is 0 Å². The number of halogens is 3. The molecule has 1 heterocycles. The molecule has 1 atom stereocenters. The molecule has 0 saturated carbocycles. The summed E-state index contributed by atoms with van der Waals surface area (Å²) in [4.78, 5) is 14.3. The second-order valence-electron chi connectivity index (χ2n) is 7.10. The minimum atomic E-state index is -4.33. The van der Waals surface area contributed by atoms with E-state index in [0.717, 1.165) is 37.1 Å². The van der Waals surface area contributed by atoms with Crippen molar-refractivity contribution in [1.82, 2.24) is 4.90 Å². The molecule has 0 radical (unpaired) electrons. The number of benzene rings is 2. The lowest BCUT2D eigenvalue weighted by molar-refractivity contribution is -0.137. The zero-order valence-electron chi connectivity index (χ0n) is 15.6. The first kappa shape index (κ1) is 20.4. The normalized spacial score (nSPS) is 17.5. The van der Waals surface area contributed by atoms with E-state index in [1.807, 2.05) is 35.2 Å². The van der Waals surface area contributed by atoms with E-state index in [4.69, 9.17) is 4.74 Å². The number of carbonyl (C=O) groups is 1. The van der Waals surface area contributed by atoms with Gasteiger partial charge in [-0.05, 0) is 42.5 Å². The molecule has 3 nitrogen and oxygen atoms in total. The Balaban J connectivity index is 1.46. The summed E-state index contributed by atoms with van der Waals surface area (Å²) in [6.45, 7) is 1.51. The second-order valence-corrected chi connectivity index (χ2v) is 7.10. The fourth-order valence-electron chi connectivity index (χ4n) is 3.36. The highest BCUT2D eigenvalue weighted by molar-refractivity contribution is 5.76. The summed E-state index contributed by atoms with van der Waals surface area (Å²) >= 11 is 0. The van der Waals surface area contributed by atoms with Crippen molar-refractivity contribution < 1.29 is 22.7 Å². The SMILES string of the molecule is O=C(CCc1ccccc1)N1CCCC(OCc2ccc(C(F)(F)F)cc2)C1. The average Bonchev–Trinajstić information content (AvgIpc) is 2.71. The molecule has 0 aromatic heterocycles. The Morgan fingerprint density at radius 2 is 1.75 bits per heavy atom. The van der Waals surface area contributed by atoms with Gasteiger partial charge in [-0.1, -0.05) is 42.5 Å². The maximum absolute atomic E-state index is 12.6. The van der Waals surface area contributed by atoms with Crippen molar-refractivity contribution in [1.29, 1.82) is 0 Å². The summed E-state index contributed by atoms with van der Waals surface area (Å²) in [5, 5.41) is 0. The molecule has 0 aliphatic carbocycles. The predicted octanol–water partition coefficient (Wildman–Crippen LogP) is 4.85. The molecule has 1 saturated heterocycles. The Kier molecular flexibility index (Phi) is 6.73. The molecule has 1 unspecified atom stereocenters. The third-order valence-corrected chi connectivity index (χ3v) is 4.97. The fourth-order valence-corrected chi connectivity index (χ4v) is 3.36. The molecule has 1 fully saturated rings. The molecular weight excluding hydrogens is 367 g/mol. The van der Waals surface area contributed by atoms with Gasteiger partial charge in [0.2, 0.25) is 5.91 Å². The van der Waals surface area contributed by atoms with E-state index >= 15 is 0 Å². The van der Waals surface area contributed by atoms with Crippen LogP contribution in [0.5, 0.6) is 0 Å². The largest absolute Gasteiger partial charge is 0.416 e. The van der Waals surface area contributed by atoms with Crippen LogP contribution in [0.2, 0.25) is 0 Å². The maximum Gasteiger partial charge on any atom is 0.416 e. The van der Waals surface area contributed by atoms with Crippen LogP contribution in [0, 0.1) is 0 Å². The molecule has 3 rings (SSSR count). The smallest absolute Gasteiger partial charge is 0.372 e. The number of hydrogen-bond acceptors (Lipinski definition) is 2. The fraction of sp³-hybridized carbons (Fsp3) is 0.409. The van der Waals surface area contributed by atoms with E-state index in [2.05, 4.69) is 0 Å². The number of aryl methyl sites for hydroxylation is 1. The Hall–Kier alpha value is -2.34. The van der Waals surface area contributed by atoms with Gasteiger partial charge in [0.05, 0.1) is 18.3 Å². The first-order valence-corrected chi connectivity index (χ1v) is 9.51. The van der Waals surface area contributed by atoms with Gasteiger partial charge in [0.1, 0.15) is 0 Å². The third-order valence-electron chi connectivity index (χ3n) is 4.97. The summed E-state index contributed by atoms with van der Waals surface area (Å²) in [6, 6.07) is 14.9. The van der Waals surface area contributed by atoms with Crippen molar-refractivity contribution in [2.45, 2.75) is 44.6 Å². The first-order chi connectivity index (χ1) is 13.4. The minimum absolute atomic E-state index is 0.0864. The standard InChI is InChI=1S/C22H24F3NO2/c23-22(24,25)19-11-8-18(9-12-19)16-28-20-7-4-14-26(15-20)21(27)13-10-17-5-2-1-3-6-17/h1-3,5-6,8-9,11-12,20H,4,7,10,13-16H2. The van der Waals surface area contributed by atoms with Crippen LogP contribution in [-0.2, 0) is 28.7 Å². The lowest BCUT2D eigenvalue weighted by Gasteiger charge is -2.33. The van der Waals surface area contributed by atoms with Gasteiger partial charge in [0.15, 0.2) is 0 Å². The summed E-state index contributed by atoms with van der Waals surface area (Å²) in [7, 11) is 0. The predicted molar refractivity (Wildman–Crippen MR) is 101 cm³/mol. The molecule has 1 aliphatic heterocycles. The van der Waals surface area contributed by atoms with Gasteiger partial charge in [-0.25, -0.2) is 0 Å². The van der Waals surface area contributed by atoms with Gasteiger partial charge in [0.25, 0.3) is 0 Å². The molecule has 6 heteroatoms. The van der Waals surface area contributed by atoms with Crippen molar-refractivity contribution in [3.63, 3.8) is 0 Å². The van der Waals surface area contributed by atoms with Gasteiger partial charge >= 0.3 is 6.18 Å². The van der Waals surface area contributed by atoms with Crippen LogP contribution in [0.25, 0.3) is 0 Å². The Morgan fingerprint density at radius 1 is 1.04 bits per heavy atom. The van der Waals surface area contributed by atoms with Crippen molar-refractivity contribution in [3.05, 3.63) is 71.3 Å². The molecule has 2 aromatic carbocycles. The summed E-state index contributed by atoms with van der Waals surface area (Å²) in [5.74, 6) is 0.117. The van der Waals surface area contributed by atoms with E-state index in [0.29, 0.717) is 24.9 Å². The van der Waals surface area contributed by atoms with Crippen LogP contribution in [0.4, 0.5) is 13.2 Å². The van der Waals surface area contributed by atoms with Crippen molar-refractivity contribution in [3.8, 4) is 0 Å². The lowest BCUT2D eigenvalue weighted by Crippen LogP contribution is -2.43. The number of rotatable bonds is 6. The van der Waals surface area contributed by atoms with E-state index in [1.165, 1.54) is 12.1 Å². The van der Waals surface area contributed by atoms with Gasteiger partial charge in [-0.3, -0.25) is 4.79 Å². The van der Waals surface area contributed by atoms with Gasteiger partial charge in [-0.2, -0.15) is 13.2 Å². The van der Waals surface area contributed by atoms with Crippen molar-refractivity contribution >= 4 is 5.91 Å². The number of piperidine rings is 1. The highest BCUT2D eigenvalue weighted by Gasteiger charge is 2.30. The van der Waals surface area contributed by atoms with Crippen LogP contribution in [0.3, 0.4) is 0 Å². The summed E-state index contributed by atoms with van der Waals surface area (Å²) in [5.41, 5.74) is 1.17. The van der Waals surface area contributed by atoms with E-state index < -0.39 is 11.7 Å². The summed E-state index contributed by atoms with van der Waals surface area (Å²) in [6.07, 6.45) is -1.51. The minimum Gasteiger partial charge on any atom is -0.372 e. The van der Waals surface area contributed by atoms with Gasteiger partial charge in [0, 0.05) is 19.5 Å². The Labute approximate surface area is 163 Å². The van der Waals surface area contributed by atoms with Crippen molar-refractivity contribution in [2.24, 2.45) is 0 Å². The Bertz CT molecular complexity index is 760. The average molecular weight is 391 g/mol. The number of nitrogens with zero attached hydrogens (tertiary/aromatic N) is 1. The summed E-state index contributed by atoms with van der Waals surface area (Å²) < 4.78 is 43.7.